The lowest BCUT2D eigenvalue weighted by Gasteiger charge is -2.29. The zero-order valence-corrected chi connectivity index (χ0v) is 9.27. The second-order valence-electron chi connectivity index (χ2n) is 4.09. The van der Waals surface area contributed by atoms with Crippen LogP contribution in [-0.2, 0) is 0 Å². The van der Waals surface area contributed by atoms with E-state index >= 15 is 0 Å². The molecular formula is C12H12FN3O. The van der Waals surface area contributed by atoms with E-state index in [4.69, 9.17) is 5.26 Å². The fourth-order valence-corrected chi connectivity index (χ4v) is 1.92. The maximum atomic E-state index is 12.9. The number of hydrogen-bond acceptors (Lipinski definition) is 3. The lowest BCUT2D eigenvalue weighted by atomic mass is 9.98. The van der Waals surface area contributed by atoms with E-state index in [2.05, 4.69) is 11.1 Å². The van der Waals surface area contributed by atoms with Crippen LogP contribution in [0.5, 0.6) is 0 Å². The highest BCUT2D eigenvalue weighted by molar-refractivity contribution is 5.93. The van der Waals surface area contributed by atoms with E-state index < -0.39 is 5.82 Å². The van der Waals surface area contributed by atoms with Gasteiger partial charge in [-0.15, -0.1) is 0 Å². The van der Waals surface area contributed by atoms with Crippen molar-refractivity contribution < 1.29 is 9.18 Å². The number of likely N-dealkylation sites (tertiary alicyclic amines) is 1. The quantitative estimate of drug-likeness (QED) is 0.740. The Morgan fingerprint density at radius 1 is 1.47 bits per heavy atom. The van der Waals surface area contributed by atoms with Gasteiger partial charge >= 0.3 is 0 Å². The van der Waals surface area contributed by atoms with Gasteiger partial charge in [-0.1, -0.05) is 0 Å². The van der Waals surface area contributed by atoms with Gasteiger partial charge in [0.15, 0.2) is 0 Å². The van der Waals surface area contributed by atoms with Crippen molar-refractivity contribution in [3.8, 4) is 6.07 Å². The van der Waals surface area contributed by atoms with Crippen LogP contribution in [0, 0.1) is 23.1 Å². The number of carbonyl (C=O) groups excluding carboxylic acids is 1. The molecule has 88 valence electrons. The molecule has 1 saturated heterocycles. The number of halogens is 1. The van der Waals surface area contributed by atoms with Crippen LogP contribution in [0.2, 0.25) is 0 Å². The molecule has 17 heavy (non-hydrogen) atoms. The fraction of sp³-hybridized carbons (Fsp3) is 0.417. The fourth-order valence-electron chi connectivity index (χ4n) is 1.92. The van der Waals surface area contributed by atoms with Crippen LogP contribution in [0.3, 0.4) is 0 Å². The molecule has 0 bridgehead atoms. The van der Waals surface area contributed by atoms with Crippen molar-refractivity contribution in [2.24, 2.45) is 5.92 Å². The summed E-state index contributed by atoms with van der Waals surface area (Å²) in [6.07, 6.45) is 3.80. The number of rotatable bonds is 1. The molecule has 1 aliphatic heterocycles. The Morgan fingerprint density at radius 2 is 2.18 bits per heavy atom. The number of pyridine rings is 1. The standard InChI is InChI=1S/C12H12FN3O/c13-11-5-10(7-15-8-11)12(17)16-3-1-9(6-14)2-4-16/h5,7-9H,1-4H2. The summed E-state index contributed by atoms with van der Waals surface area (Å²) in [5, 5.41) is 8.76. The highest BCUT2D eigenvalue weighted by atomic mass is 19.1. The number of amides is 1. The molecule has 0 aromatic carbocycles. The van der Waals surface area contributed by atoms with Crippen molar-refractivity contribution >= 4 is 5.91 Å². The van der Waals surface area contributed by atoms with E-state index in [1.165, 1.54) is 12.3 Å². The van der Waals surface area contributed by atoms with E-state index in [0.29, 0.717) is 25.9 Å². The highest BCUT2D eigenvalue weighted by Gasteiger charge is 2.23. The molecule has 1 aromatic rings. The van der Waals surface area contributed by atoms with Gasteiger partial charge in [-0.25, -0.2) is 4.39 Å². The van der Waals surface area contributed by atoms with Gasteiger partial charge in [0.25, 0.3) is 5.91 Å². The molecule has 0 atom stereocenters. The third-order valence-corrected chi connectivity index (χ3v) is 2.92. The Balaban J connectivity index is 2.05. The van der Waals surface area contributed by atoms with Crippen LogP contribution >= 0.6 is 0 Å². The Morgan fingerprint density at radius 3 is 2.76 bits per heavy atom. The molecule has 0 unspecified atom stereocenters. The van der Waals surface area contributed by atoms with Crippen LogP contribution in [0.15, 0.2) is 18.5 Å². The first kappa shape index (κ1) is 11.5. The minimum atomic E-state index is -0.511. The summed E-state index contributed by atoms with van der Waals surface area (Å²) in [6, 6.07) is 3.39. The molecule has 4 nitrogen and oxygen atoms in total. The van der Waals surface area contributed by atoms with Crippen molar-refractivity contribution in [1.82, 2.24) is 9.88 Å². The van der Waals surface area contributed by atoms with Gasteiger partial charge in [0, 0.05) is 25.2 Å². The molecule has 5 heteroatoms. The molecule has 2 rings (SSSR count). The Hall–Kier alpha value is -1.96. The molecule has 2 heterocycles. The van der Waals surface area contributed by atoms with Gasteiger partial charge in [0.05, 0.1) is 17.8 Å². The summed E-state index contributed by atoms with van der Waals surface area (Å²) in [6.45, 7) is 1.10. The minimum absolute atomic E-state index is 0.0321. The van der Waals surface area contributed by atoms with Gasteiger partial charge in [-0.3, -0.25) is 9.78 Å². The smallest absolute Gasteiger partial charge is 0.255 e. The number of nitriles is 1. The largest absolute Gasteiger partial charge is 0.339 e. The molecule has 1 aromatic heterocycles. The summed E-state index contributed by atoms with van der Waals surface area (Å²) in [7, 11) is 0. The van der Waals surface area contributed by atoms with Gasteiger partial charge in [0.2, 0.25) is 0 Å². The van der Waals surface area contributed by atoms with Gasteiger partial charge in [-0.05, 0) is 18.9 Å². The molecule has 0 aliphatic carbocycles. The normalized spacial score (nSPS) is 16.6. The molecule has 0 spiro atoms. The Bertz CT molecular complexity index is 461. The first-order valence-electron chi connectivity index (χ1n) is 5.50. The van der Waals surface area contributed by atoms with Gasteiger partial charge in [-0.2, -0.15) is 5.26 Å². The molecule has 1 fully saturated rings. The Kier molecular flexibility index (Phi) is 3.33. The second-order valence-corrected chi connectivity index (χ2v) is 4.09. The number of nitrogens with zero attached hydrogens (tertiary/aromatic N) is 3. The van der Waals surface area contributed by atoms with Crippen LogP contribution in [0.25, 0.3) is 0 Å². The third-order valence-electron chi connectivity index (χ3n) is 2.92. The molecule has 0 N–H and O–H groups in total. The maximum Gasteiger partial charge on any atom is 0.255 e. The van der Waals surface area contributed by atoms with Crippen molar-refractivity contribution in [2.45, 2.75) is 12.8 Å². The number of carbonyl (C=O) groups is 1. The number of aromatic nitrogens is 1. The molecule has 0 radical (unpaired) electrons. The lowest BCUT2D eigenvalue weighted by molar-refractivity contribution is 0.0706. The molecule has 1 amide bonds. The third kappa shape index (κ3) is 2.59. The van der Waals surface area contributed by atoms with Crippen LogP contribution in [0.1, 0.15) is 23.2 Å². The van der Waals surface area contributed by atoms with E-state index in [1.54, 1.807) is 4.90 Å². The predicted octanol–water partition coefficient (Wildman–Crippen LogP) is 1.60. The summed E-state index contributed by atoms with van der Waals surface area (Å²) >= 11 is 0. The average Bonchev–Trinajstić information content (AvgIpc) is 2.38. The summed E-state index contributed by atoms with van der Waals surface area (Å²) in [5.74, 6) is -0.694. The van der Waals surface area contributed by atoms with Crippen molar-refractivity contribution in [3.63, 3.8) is 0 Å². The number of piperidine rings is 1. The van der Waals surface area contributed by atoms with Gasteiger partial charge < -0.3 is 4.90 Å². The molecule has 1 aliphatic rings. The first-order chi connectivity index (χ1) is 8.20. The zero-order valence-electron chi connectivity index (χ0n) is 9.27. The van der Waals surface area contributed by atoms with Crippen molar-refractivity contribution in [3.05, 3.63) is 29.8 Å². The average molecular weight is 233 g/mol. The van der Waals surface area contributed by atoms with Crippen molar-refractivity contribution in [2.75, 3.05) is 13.1 Å². The number of hydrogen-bond donors (Lipinski definition) is 0. The lowest BCUT2D eigenvalue weighted by Crippen LogP contribution is -2.38. The Labute approximate surface area is 98.7 Å². The molecule has 0 saturated carbocycles. The molecular weight excluding hydrogens is 221 g/mol. The predicted molar refractivity (Wildman–Crippen MR) is 58.4 cm³/mol. The van der Waals surface area contributed by atoms with Crippen LogP contribution < -0.4 is 0 Å². The van der Waals surface area contributed by atoms with Gasteiger partial charge in [0.1, 0.15) is 5.82 Å². The highest BCUT2D eigenvalue weighted by Crippen LogP contribution is 2.18. The monoisotopic (exact) mass is 233 g/mol. The van der Waals surface area contributed by atoms with E-state index in [1.807, 2.05) is 0 Å². The van der Waals surface area contributed by atoms with E-state index in [0.717, 1.165) is 6.20 Å². The topological polar surface area (TPSA) is 57.0 Å². The second kappa shape index (κ2) is 4.91. The van der Waals surface area contributed by atoms with E-state index in [9.17, 15) is 9.18 Å². The SMILES string of the molecule is N#CC1CCN(C(=O)c2cncc(F)c2)CC1. The summed E-state index contributed by atoms with van der Waals surface area (Å²) in [5.41, 5.74) is 0.264. The van der Waals surface area contributed by atoms with Crippen LogP contribution in [0.4, 0.5) is 4.39 Å². The van der Waals surface area contributed by atoms with Crippen LogP contribution in [-0.4, -0.2) is 28.9 Å². The maximum absolute atomic E-state index is 12.9. The summed E-state index contributed by atoms with van der Waals surface area (Å²) < 4.78 is 12.9. The minimum Gasteiger partial charge on any atom is -0.339 e. The zero-order chi connectivity index (χ0) is 12.3. The van der Waals surface area contributed by atoms with E-state index in [-0.39, 0.29) is 17.4 Å². The van der Waals surface area contributed by atoms with Crippen molar-refractivity contribution in [1.29, 1.82) is 5.26 Å². The summed E-state index contributed by atoms with van der Waals surface area (Å²) in [4.78, 5) is 17.3. The first-order valence-corrected chi connectivity index (χ1v) is 5.50.